The summed E-state index contributed by atoms with van der Waals surface area (Å²) < 4.78 is 29.8. The fraction of sp³-hybridized carbons (Fsp3) is 0. The minimum Gasteiger partial charge on any atom is -0.379 e. The summed E-state index contributed by atoms with van der Waals surface area (Å²) in [5.74, 6) is 0.212. The van der Waals surface area contributed by atoms with E-state index >= 15 is 0 Å². The zero-order valence-corrected chi connectivity index (χ0v) is 13.3. The van der Waals surface area contributed by atoms with Crippen LogP contribution >= 0.6 is 11.6 Å². The molecule has 3 rings (SSSR count). The van der Waals surface area contributed by atoms with Crippen molar-refractivity contribution < 1.29 is 12.6 Å². The summed E-state index contributed by atoms with van der Waals surface area (Å²) in [7, 11) is -4.02. The summed E-state index contributed by atoms with van der Waals surface area (Å²) in [6.07, 6.45) is 0. The normalized spacial score (nSPS) is 11.1. The van der Waals surface area contributed by atoms with Crippen LogP contribution in [0.3, 0.4) is 0 Å². The highest BCUT2D eigenvalue weighted by atomic mass is 35.5. The molecule has 0 saturated carbocycles. The number of hydrogen-bond acceptors (Lipinski definition) is 4. The smallest absolute Gasteiger partial charge is 0.339 e. The molecule has 0 aliphatic heterocycles. The Labute approximate surface area is 138 Å². The van der Waals surface area contributed by atoms with E-state index in [1.807, 2.05) is 30.3 Å². The second-order valence-electron chi connectivity index (χ2n) is 4.80. The number of halogens is 1. The molecule has 0 saturated heterocycles. The van der Waals surface area contributed by atoms with Crippen LogP contribution in [0.15, 0.2) is 65.6 Å². The van der Waals surface area contributed by atoms with Gasteiger partial charge in [-0.3, -0.25) is 0 Å². The van der Waals surface area contributed by atoms with Gasteiger partial charge in [0.2, 0.25) is 0 Å². The van der Waals surface area contributed by atoms with E-state index in [2.05, 4.69) is 0 Å². The Morgan fingerprint density at radius 3 is 2.39 bits per heavy atom. The van der Waals surface area contributed by atoms with E-state index in [0.717, 1.165) is 10.8 Å². The van der Waals surface area contributed by atoms with Gasteiger partial charge in [-0.2, -0.15) is 13.7 Å². The summed E-state index contributed by atoms with van der Waals surface area (Å²) in [5, 5.41) is 10.8. The van der Waals surface area contributed by atoms with Crippen molar-refractivity contribution in [1.29, 1.82) is 5.26 Å². The maximum atomic E-state index is 12.3. The third kappa shape index (κ3) is 3.14. The molecule has 0 aliphatic carbocycles. The molecule has 3 aromatic rings. The SMILES string of the molecule is N#Cc1ccc(S(=O)(=O)Oc2ccc3ccccc3c2)cc1Cl. The Balaban J connectivity index is 1.96. The minimum absolute atomic E-state index is 0.0655. The maximum absolute atomic E-state index is 12.3. The molecule has 23 heavy (non-hydrogen) atoms. The van der Waals surface area contributed by atoms with Crippen LogP contribution in [0, 0.1) is 11.3 Å². The van der Waals surface area contributed by atoms with Crippen molar-refractivity contribution in [1.82, 2.24) is 0 Å². The van der Waals surface area contributed by atoms with E-state index in [9.17, 15) is 8.42 Å². The van der Waals surface area contributed by atoms with Gasteiger partial charge >= 0.3 is 10.1 Å². The third-order valence-corrected chi connectivity index (χ3v) is 4.83. The van der Waals surface area contributed by atoms with E-state index < -0.39 is 10.1 Å². The highest BCUT2D eigenvalue weighted by molar-refractivity contribution is 7.87. The Morgan fingerprint density at radius 2 is 1.70 bits per heavy atom. The van der Waals surface area contributed by atoms with E-state index in [1.54, 1.807) is 18.2 Å². The van der Waals surface area contributed by atoms with Crippen molar-refractivity contribution in [2.24, 2.45) is 0 Å². The number of rotatable bonds is 3. The quantitative estimate of drug-likeness (QED) is 0.670. The summed E-state index contributed by atoms with van der Waals surface area (Å²) >= 11 is 5.87. The number of benzene rings is 3. The first-order chi connectivity index (χ1) is 11.0. The van der Waals surface area contributed by atoms with Crippen molar-refractivity contribution >= 4 is 32.5 Å². The monoisotopic (exact) mass is 343 g/mol. The average Bonchev–Trinajstić information content (AvgIpc) is 2.54. The van der Waals surface area contributed by atoms with Crippen LogP contribution in [0.4, 0.5) is 0 Å². The fourth-order valence-electron chi connectivity index (χ4n) is 2.14. The Hall–Kier alpha value is -2.55. The van der Waals surface area contributed by atoms with Gasteiger partial charge < -0.3 is 4.18 Å². The fourth-order valence-corrected chi connectivity index (χ4v) is 3.37. The summed E-state index contributed by atoms with van der Waals surface area (Å²) in [5.41, 5.74) is 0.205. The van der Waals surface area contributed by atoms with Crippen LogP contribution in [0.25, 0.3) is 10.8 Å². The molecule has 0 heterocycles. The molecule has 3 aromatic carbocycles. The summed E-state index contributed by atoms with van der Waals surface area (Å²) in [4.78, 5) is -0.102. The van der Waals surface area contributed by atoms with Crippen molar-refractivity contribution in [3.05, 3.63) is 71.2 Å². The molecule has 0 unspecified atom stereocenters. The van der Waals surface area contributed by atoms with Crippen LogP contribution in [0.2, 0.25) is 5.02 Å². The van der Waals surface area contributed by atoms with Gasteiger partial charge in [0.15, 0.2) is 0 Å². The molecular formula is C17H10ClNO3S. The lowest BCUT2D eigenvalue weighted by atomic mass is 10.1. The minimum atomic E-state index is -4.02. The molecule has 0 N–H and O–H groups in total. The molecule has 114 valence electrons. The molecule has 0 radical (unpaired) electrons. The number of nitriles is 1. The van der Waals surface area contributed by atoms with Crippen LogP contribution in [0.1, 0.15) is 5.56 Å². The van der Waals surface area contributed by atoms with E-state index in [4.69, 9.17) is 21.0 Å². The van der Waals surface area contributed by atoms with E-state index in [1.165, 1.54) is 18.2 Å². The number of fused-ring (bicyclic) bond motifs is 1. The van der Waals surface area contributed by atoms with Gasteiger partial charge in [-0.05, 0) is 41.1 Å². The third-order valence-electron chi connectivity index (χ3n) is 3.28. The van der Waals surface area contributed by atoms with Gasteiger partial charge in [0, 0.05) is 0 Å². The van der Waals surface area contributed by atoms with Gasteiger partial charge in [0.1, 0.15) is 16.7 Å². The molecule has 6 heteroatoms. The van der Waals surface area contributed by atoms with Gasteiger partial charge in [0.25, 0.3) is 0 Å². The van der Waals surface area contributed by atoms with Gasteiger partial charge in [-0.15, -0.1) is 0 Å². The second-order valence-corrected chi connectivity index (χ2v) is 6.75. The lowest BCUT2D eigenvalue weighted by Crippen LogP contribution is -2.09. The molecule has 0 aromatic heterocycles. The first kappa shape index (κ1) is 15.3. The molecule has 0 spiro atoms. The average molecular weight is 344 g/mol. The molecule has 0 amide bonds. The molecule has 0 bridgehead atoms. The van der Waals surface area contributed by atoms with Crippen molar-refractivity contribution in [3.63, 3.8) is 0 Å². The van der Waals surface area contributed by atoms with Gasteiger partial charge in [0.05, 0.1) is 10.6 Å². The van der Waals surface area contributed by atoms with Gasteiger partial charge in [-0.1, -0.05) is 41.9 Å². The Morgan fingerprint density at radius 1 is 0.957 bits per heavy atom. The first-order valence-corrected chi connectivity index (χ1v) is 8.41. The first-order valence-electron chi connectivity index (χ1n) is 6.62. The second kappa shape index (κ2) is 5.92. The molecule has 4 nitrogen and oxygen atoms in total. The van der Waals surface area contributed by atoms with Crippen LogP contribution in [-0.4, -0.2) is 8.42 Å². The summed E-state index contributed by atoms with van der Waals surface area (Å²) in [6, 6.07) is 18.3. The molecule has 0 fully saturated rings. The standard InChI is InChI=1S/C17H10ClNO3S/c18-17-10-16(8-6-14(17)11-19)23(20,21)22-15-7-5-12-3-1-2-4-13(12)9-15/h1-10H. The predicted molar refractivity (Wildman–Crippen MR) is 87.9 cm³/mol. The molecule has 0 aliphatic rings. The van der Waals surface area contributed by atoms with Crippen molar-refractivity contribution in [2.75, 3.05) is 0 Å². The Kier molecular flexibility index (Phi) is 3.95. The van der Waals surface area contributed by atoms with Crippen LogP contribution in [-0.2, 0) is 10.1 Å². The molecule has 0 atom stereocenters. The Bertz CT molecular complexity index is 1040. The summed E-state index contributed by atoms with van der Waals surface area (Å²) in [6.45, 7) is 0. The predicted octanol–water partition coefficient (Wildman–Crippen LogP) is 4.13. The molecular weight excluding hydrogens is 334 g/mol. The van der Waals surface area contributed by atoms with E-state index in [-0.39, 0.29) is 21.2 Å². The highest BCUT2D eigenvalue weighted by Crippen LogP contribution is 2.26. The van der Waals surface area contributed by atoms with Crippen molar-refractivity contribution in [2.45, 2.75) is 4.90 Å². The van der Waals surface area contributed by atoms with Crippen LogP contribution < -0.4 is 4.18 Å². The van der Waals surface area contributed by atoms with Crippen molar-refractivity contribution in [3.8, 4) is 11.8 Å². The lowest BCUT2D eigenvalue weighted by molar-refractivity contribution is 0.486. The maximum Gasteiger partial charge on any atom is 0.339 e. The van der Waals surface area contributed by atoms with Crippen LogP contribution in [0.5, 0.6) is 5.75 Å². The number of nitrogens with zero attached hydrogens (tertiary/aromatic N) is 1. The highest BCUT2D eigenvalue weighted by Gasteiger charge is 2.18. The van der Waals surface area contributed by atoms with E-state index in [0.29, 0.717) is 0 Å². The zero-order chi connectivity index (χ0) is 16.4. The van der Waals surface area contributed by atoms with Gasteiger partial charge in [-0.25, -0.2) is 0 Å². The largest absolute Gasteiger partial charge is 0.379 e. The zero-order valence-electron chi connectivity index (χ0n) is 11.7. The number of hydrogen-bond donors (Lipinski definition) is 0. The lowest BCUT2D eigenvalue weighted by Gasteiger charge is -2.08. The topological polar surface area (TPSA) is 67.2 Å².